The molecule has 0 aliphatic carbocycles. The average molecular weight is 239 g/mol. The molecular formula is C16H17NO. The quantitative estimate of drug-likeness (QED) is 0.873. The molecule has 2 heteroatoms. The minimum atomic E-state index is 0.0572. The maximum absolute atomic E-state index is 11.7. The van der Waals surface area contributed by atoms with Crippen molar-refractivity contribution >= 4 is 5.91 Å². The summed E-state index contributed by atoms with van der Waals surface area (Å²) < 4.78 is 0. The van der Waals surface area contributed by atoms with Gasteiger partial charge in [-0.1, -0.05) is 60.2 Å². The summed E-state index contributed by atoms with van der Waals surface area (Å²) in [4.78, 5) is 11.7. The fraction of sp³-hybridized carbons (Fsp3) is 0.188. The maximum Gasteiger partial charge on any atom is 0.224 e. The molecule has 0 heterocycles. The number of carbonyl (C=O) groups excluding carboxylic acids is 1. The molecule has 0 aromatic heterocycles. The van der Waals surface area contributed by atoms with Gasteiger partial charge < -0.3 is 5.32 Å². The first-order valence-corrected chi connectivity index (χ1v) is 6.10. The average Bonchev–Trinajstić information content (AvgIpc) is 2.39. The lowest BCUT2D eigenvalue weighted by atomic mass is 10.1. The monoisotopic (exact) mass is 239 g/mol. The molecule has 0 spiro atoms. The van der Waals surface area contributed by atoms with E-state index >= 15 is 0 Å². The van der Waals surface area contributed by atoms with E-state index in [1.165, 1.54) is 5.56 Å². The van der Waals surface area contributed by atoms with Gasteiger partial charge in [-0.15, -0.1) is 0 Å². The Morgan fingerprint density at radius 2 is 1.61 bits per heavy atom. The van der Waals surface area contributed by atoms with Gasteiger partial charge in [0.1, 0.15) is 0 Å². The normalized spacial score (nSPS) is 10.1. The number of nitrogens with one attached hydrogen (secondary N) is 1. The zero-order valence-corrected chi connectivity index (χ0v) is 10.5. The highest BCUT2D eigenvalue weighted by Crippen LogP contribution is 2.03. The zero-order valence-electron chi connectivity index (χ0n) is 10.5. The van der Waals surface area contributed by atoms with E-state index in [9.17, 15) is 4.79 Å². The largest absolute Gasteiger partial charge is 0.352 e. The molecular weight excluding hydrogens is 222 g/mol. The topological polar surface area (TPSA) is 29.1 Å². The van der Waals surface area contributed by atoms with Crippen molar-refractivity contribution in [3.63, 3.8) is 0 Å². The number of amides is 1. The highest BCUT2D eigenvalue weighted by Gasteiger charge is 2.02. The van der Waals surface area contributed by atoms with Crippen molar-refractivity contribution in [2.24, 2.45) is 0 Å². The van der Waals surface area contributed by atoms with Crippen LogP contribution in [0.1, 0.15) is 16.7 Å². The third kappa shape index (κ3) is 3.74. The van der Waals surface area contributed by atoms with Crippen LogP contribution in [0, 0.1) is 6.92 Å². The number of carbonyl (C=O) groups is 1. The third-order valence-corrected chi connectivity index (χ3v) is 2.82. The molecule has 0 bridgehead atoms. The van der Waals surface area contributed by atoms with Crippen molar-refractivity contribution in [3.8, 4) is 0 Å². The molecule has 0 unspecified atom stereocenters. The van der Waals surface area contributed by atoms with Crippen LogP contribution < -0.4 is 5.32 Å². The van der Waals surface area contributed by atoms with Crippen LogP contribution in [0.5, 0.6) is 0 Å². The van der Waals surface area contributed by atoms with Gasteiger partial charge in [-0.2, -0.15) is 0 Å². The van der Waals surface area contributed by atoms with Crippen molar-refractivity contribution in [1.29, 1.82) is 0 Å². The summed E-state index contributed by atoms with van der Waals surface area (Å²) >= 11 is 0. The lowest BCUT2D eigenvalue weighted by molar-refractivity contribution is -0.120. The van der Waals surface area contributed by atoms with Crippen LogP contribution in [0.3, 0.4) is 0 Å². The Labute approximate surface area is 108 Å². The van der Waals surface area contributed by atoms with Gasteiger partial charge >= 0.3 is 0 Å². The highest BCUT2D eigenvalue weighted by atomic mass is 16.1. The molecule has 1 amide bonds. The van der Waals surface area contributed by atoms with E-state index in [0.717, 1.165) is 11.1 Å². The first kappa shape index (κ1) is 12.4. The van der Waals surface area contributed by atoms with Gasteiger partial charge in [-0.3, -0.25) is 4.79 Å². The van der Waals surface area contributed by atoms with Gasteiger partial charge in [-0.05, 0) is 18.1 Å². The lowest BCUT2D eigenvalue weighted by Gasteiger charge is -2.05. The van der Waals surface area contributed by atoms with Gasteiger partial charge in [0.05, 0.1) is 6.42 Å². The second kappa shape index (κ2) is 6.01. The summed E-state index contributed by atoms with van der Waals surface area (Å²) in [6.07, 6.45) is 0.437. The molecule has 0 aliphatic heterocycles. The predicted molar refractivity (Wildman–Crippen MR) is 73.2 cm³/mol. The minimum Gasteiger partial charge on any atom is -0.352 e. The van der Waals surface area contributed by atoms with Gasteiger partial charge in [-0.25, -0.2) is 0 Å². The third-order valence-electron chi connectivity index (χ3n) is 2.82. The van der Waals surface area contributed by atoms with Gasteiger partial charge in [0, 0.05) is 6.54 Å². The Morgan fingerprint density at radius 3 is 2.28 bits per heavy atom. The van der Waals surface area contributed by atoms with E-state index in [1.54, 1.807) is 0 Å². The number of rotatable bonds is 4. The van der Waals surface area contributed by atoms with Crippen molar-refractivity contribution in [2.45, 2.75) is 19.9 Å². The van der Waals surface area contributed by atoms with E-state index in [1.807, 2.05) is 42.5 Å². The molecule has 0 fully saturated rings. The summed E-state index contributed by atoms with van der Waals surface area (Å²) in [6.45, 7) is 2.64. The standard InChI is InChI=1S/C16H17NO/c1-13-7-9-15(10-8-13)12-17-16(18)11-14-5-3-2-4-6-14/h2-10H,11-12H2,1H3,(H,17,18). The van der Waals surface area contributed by atoms with Crippen LogP contribution in [-0.2, 0) is 17.8 Å². The number of hydrogen-bond acceptors (Lipinski definition) is 1. The van der Waals surface area contributed by atoms with E-state index < -0.39 is 0 Å². The second-order valence-corrected chi connectivity index (χ2v) is 4.42. The molecule has 92 valence electrons. The summed E-state index contributed by atoms with van der Waals surface area (Å²) in [5.41, 5.74) is 3.40. The van der Waals surface area contributed by atoms with Crippen LogP contribution in [0.25, 0.3) is 0 Å². The Balaban J connectivity index is 1.83. The fourth-order valence-corrected chi connectivity index (χ4v) is 1.75. The lowest BCUT2D eigenvalue weighted by Crippen LogP contribution is -2.24. The molecule has 0 atom stereocenters. The van der Waals surface area contributed by atoms with Crippen LogP contribution >= 0.6 is 0 Å². The summed E-state index contributed by atoms with van der Waals surface area (Å²) in [7, 11) is 0. The van der Waals surface area contributed by atoms with Crippen molar-refractivity contribution < 1.29 is 4.79 Å². The molecule has 1 N–H and O–H groups in total. The molecule has 0 aliphatic rings. The first-order valence-electron chi connectivity index (χ1n) is 6.10. The number of hydrogen-bond donors (Lipinski definition) is 1. The molecule has 2 aromatic rings. The Kier molecular flexibility index (Phi) is 4.13. The highest BCUT2D eigenvalue weighted by molar-refractivity contribution is 5.78. The fourth-order valence-electron chi connectivity index (χ4n) is 1.75. The summed E-state index contributed by atoms with van der Waals surface area (Å²) in [5, 5.41) is 2.93. The maximum atomic E-state index is 11.7. The van der Waals surface area contributed by atoms with Gasteiger partial charge in [0.15, 0.2) is 0 Å². The van der Waals surface area contributed by atoms with Gasteiger partial charge in [0.2, 0.25) is 5.91 Å². The number of benzene rings is 2. The van der Waals surface area contributed by atoms with Gasteiger partial charge in [0.25, 0.3) is 0 Å². The molecule has 18 heavy (non-hydrogen) atoms. The predicted octanol–water partition coefficient (Wildman–Crippen LogP) is 2.85. The van der Waals surface area contributed by atoms with E-state index in [4.69, 9.17) is 0 Å². The zero-order chi connectivity index (χ0) is 12.8. The molecule has 0 saturated carbocycles. The smallest absolute Gasteiger partial charge is 0.224 e. The molecule has 0 radical (unpaired) electrons. The molecule has 2 aromatic carbocycles. The second-order valence-electron chi connectivity index (χ2n) is 4.42. The van der Waals surface area contributed by atoms with Crippen molar-refractivity contribution in [2.75, 3.05) is 0 Å². The minimum absolute atomic E-state index is 0.0572. The van der Waals surface area contributed by atoms with E-state index in [-0.39, 0.29) is 5.91 Å². The molecule has 2 rings (SSSR count). The van der Waals surface area contributed by atoms with Crippen molar-refractivity contribution in [3.05, 3.63) is 71.3 Å². The van der Waals surface area contributed by atoms with E-state index in [2.05, 4.69) is 24.4 Å². The van der Waals surface area contributed by atoms with E-state index in [0.29, 0.717) is 13.0 Å². The Morgan fingerprint density at radius 1 is 0.944 bits per heavy atom. The molecule has 0 saturated heterocycles. The SMILES string of the molecule is Cc1ccc(CNC(=O)Cc2ccccc2)cc1. The van der Waals surface area contributed by atoms with Crippen molar-refractivity contribution in [1.82, 2.24) is 5.32 Å². The summed E-state index contributed by atoms with van der Waals surface area (Å²) in [5.74, 6) is 0.0572. The van der Waals surface area contributed by atoms with Crippen LogP contribution in [0.15, 0.2) is 54.6 Å². The molecule has 2 nitrogen and oxygen atoms in total. The summed E-state index contributed by atoms with van der Waals surface area (Å²) in [6, 6.07) is 18.0. The van der Waals surface area contributed by atoms with Crippen LogP contribution in [-0.4, -0.2) is 5.91 Å². The first-order chi connectivity index (χ1) is 8.74. The van der Waals surface area contributed by atoms with Crippen LogP contribution in [0.2, 0.25) is 0 Å². The Bertz CT molecular complexity index is 502. The van der Waals surface area contributed by atoms with Crippen LogP contribution in [0.4, 0.5) is 0 Å². The Hall–Kier alpha value is -2.09. The number of aryl methyl sites for hydroxylation is 1.